The number of rotatable bonds is 8. The molecule has 1 aliphatic heterocycles. The molecule has 3 heterocycles. The van der Waals surface area contributed by atoms with Crippen LogP contribution in [0.15, 0.2) is 48.9 Å². The molecule has 1 aromatic carbocycles. The lowest BCUT2D eigenvalue weighted by Gasteiger charge is -2.24. The van der Waals surface area contributed by atoms with Gasteiger partial charge in [-0.2, -0.15) is 0 Å². The number of pyridine rings is 1. The predicted molar refractivity (Wildman–Crippen MR) is 154 cm³/mol. The molecule has 15 heteroatoms. The number of amides is 3. The van der Waals surface area contributed by atoms with Crippen LogP contribution in [-0.2, 0) is 19.1 Å². The van der Waals surface area contributed by atoms with Gasteiger partial charge in [0, 0.05) is 26.2 Å². The summed E-state index contributed by atoms with van der Waals surface area (Å²) < 4.78 is 9.60. The van der Waals surface area contributed by atoms with Crippen molar-refractivity contribution < 1.29 is 33.4 Å². The first-order valence-corrected chi connectivity index (χ1v) is 13.5. The molecule has 43 heavy (non-hydrogen) atoms. The highest BCUT2D eigenvalue weighted by Gasteiger charge is 2.25. The van der Waals surface area contributed by atoms with Crippen LogP contribution in [0.5, 0.6) is 0 Å². The summed E-state index contributed by atoms with van der Waals surface area (Å²) in [7, 11) is 1.21. The average molecular weight is 610 g/mol. The van der Waals surface area contributed by atoms with Crippen LogP contribution in [0, 0.1) is 0 Å². The van der Waals surface area contributed by atoms with Crippen LogP contribution in [0.3, 0.4) is 0 Å². The van der Waals surface area contributed by atoms with Gasteiger partial charge in [0.05, 0.1) is 53.1 Å². The van der Waals surface area contributed by atoms with Crippen molar-refractivity contribution >= 4 is 52.8 Å². The molecular weight excluding hydrogens is 582 g/mol. The maximum absolute atomic E-state index is 13.1. The normalized spacial score (nSPS) is 14.7. The van der Waals surface area contributed by atoms with Crippen LogP contribution < -0.4 is 16.0 Å². The van der Waals surface area contributed by atoms with E-state index >= 15 is 0 Å². The highest BCUT2D eigenvalue weighted by atomic mass is 35.5. The van der Waals surface area contributed by atoms with Crippen molar-refractivity contribution in [2.75, 3.05) is 44.0 Å². The number of nitrogens with zero attached hydrogens (tertiary/aromatic N) is 4. The molecule has 14 nitrogen and oxygen atoms in total. The van der Waals surface area contributed by atoms with Crippen molar-refractivity contribution in [3.05, 3.63) is 76.5 Å². The number of carbonyl (C=O) groups is 5. The van der Waals surface area contributed by atoms with E-state index in [0.717, 1.165) is 0 Å². The second-order valence-electron chi connectivity index (χ2n) is 9.33. The van der Waals surface area contributed by atoms with Crippen LogP contribution in [0.1, 0.15) is 56.3 Å². The Hall–Kier alpha value is -4.95. The van der Waals surface area contributed by atoms with E-state index in [4.69, 9.17) is 21.1 Å². The van der Waals surface area contributed by atoms with Gasteiger partial charge in [-0.3, -0.25) is 24.2 Å². The number of hydrogen-bond donors (Lipinski definition) is 3. The summed E-state index contributed by atoms with van der Waals surface area (Å²) in [4.78, 5) is 76.1. The number of carbonyl (C=O) groups excluding carboxylic acids is 5. The monoisotopic (exact) mass is 609 g/mol. The van der Waals surface area contributed by atoms with Crippen LogP contribution in [0.4, 0.5) is 11.5 Å². The number of esters is 2. The lowest BCUT2D eigenvalue weighted by molar-refractivity contribution is -0.150. The molecule has 0 aliphatic carbocycles. The molecule has 0 radical (unpaired) electrons. The van der Waals surface area contributed by atoms with E-state index in [0.29, 0.717) is 30.2 Å². The fraction of sp³-hybridized carbons (Fsp3) is 0.286. The zero-order valence-corrected chi connectivity index (χ0v) is 24.0. The minimum Gasteiger partial charge on any atom is -0.465 e. The molecule has 1 fully saturated rings. The molecule has 3 aromatic rings. The first-order valence-electron chi connectivity index (χ1n) is 13.1. The summed E-state index contributed by atoms with van der Waals surface area (Å²) in [5.74, 6) is -2.59. The van der Waals surface area contributed by atoms with Gasteiger partial charge in [-0.25, -0.2) is 14.8 Å². The molecule has 0 spiro atoms. The Bertz CT molecular complexity index is 1520. The number of anilines is 2. The third kappa shape index (κ3) is 8.30. The summed E-state index contributed by atoms with van der Waals surface area (Å²) >= 11 is 5.86. The zero-order chi connectivity index (χ0) is 30.9. The van der Waals surface area contributed by atoms with E-state index in [1.54, 1.807) is 11.0 Å². The Morgan fingerprint density at radius 2 is 1.84 bits per heavy atom. The Kier molecular flexibility index (Phi) is 10.3. The summed E-state index contributed by atoms with van der Waals surface area (Å²) in [5.41, 5.74) is 0.607. The maximum Gasteiger partial charge on any atom is 0.337 e. The highest BCUT2D eigenvalue weighted by molar-refractivity contribution is 6.30. The van der Waals surface area contributed by atoms with E-state index in [2.05, 4.69) is 30.9 Å². The van der Waals surface area contributed by atoms with Gasteiger partial charge in [0.1, 0.15) is 11.5 Å². The number of benzene rings is 1. The van der Waals surface area contributed by atoms with Gasteiger partial charge in [-0.05, 0) is 43.3 Å². The lowest BCUT2D eigenvalue weighted by Crippen LogP contribution is -2.38. The fourth-order valence-electron chi connectivity index (χ4n) is 4.15. The zero-order valence-electron chi connectivity index (χ0n) is 23.3. The topological polar surface area (TPSA) is 182 Å². The smallest absolute Gasteiger partial charge is 0.337 e. The van der Waals surface area contributed by atoms with Crippen LogP contribution >= 0.6 is 11.6 Å². The van der Waals surface area contributed by atoms with Gasteiger partial charge in [-0.1, -0.05) is 11.6 Å². The summed E-state index contributed by atoms with van der Waals surface area (Å²) in [6.45, 7) is 2.24. The van der Waals surface area contributed by atoms with Crippen LogP contribution in [-0.4, -0.2) is 82.9 Å². The van der Waals surface area contributed by atoms with E-state index in [9.17, 15) is 24.0 Å². The number of ether oxygens (including phenoxy) is 2. The number of aromatic nitrogens is 3. The third-order valence-corrected chi connectivity index (χ3v) is 6.54. The molecule has 2 aromatic heterocycles. The fourth-order valence-corrected chi connectivity index (χ4v) is 4.26. The van der Waals surface area contributed by atoms with Gasteiger partial charge in [0.2, 0.25) is 0 Å². The summed E-state index contributed by atoms with van der Waals surface area (Å²) in [6, 6.07) is 6.76. The molecule has 1 atom stereocenters. The molecule has 224 valence electrons. The number of hydrogen-bond acceptors (Lipinski definition) is 11. The van der Waals surface area contributed by atoms with Gasteiger partial charge in [0.25, 0.3) is 17.7 Å². The average Bonchev–Trinajstić information content (AvgIpc) is 3.27. The summed E-state index contributed by atoms with van der Waals surface area (Å²) in [6.07, 6.45) is 4.73. The van der Waals surface area contributed by atoms with Crippen LogP contribution in [0.25, 0.3) is 0 Å². The molecule has 1 aliphatic rings. The Labute approximate surface area is 251 Å². The second kappa shape index (κ2) is 14.3. The molecular formula is C28H28ClN7O7. The van der Waals surface area contributed by atoms with Gasteiger partial charge < -0.3 is 30.3 Å². The highest BCUT2D eigenvalue weighted by Crippen LogP contribution is 2.22. The SMILES string of the molecule is COC(=O)c1ccc(C(=O)Nc2ccc(Cl)cn2)c(NC(=O)c2cnc(C3CN(C(=O)COC(C)=O)CCCN3)cn2)c1. The lowest BCUT2D eigenvalue weighted by atomic mass is 10.1. The van der Waals surface area contributed by atoms with Gasteiger partial charge in [-0.15, -0.1) is 0 Å². The van der Waals surface area contributed by atoms with Crippen molar-refractivity contribution in [1.82, 2.24) is 25.2 Å². The predicted octanol–water partition coefficient (Wildman–Crippen LogP) is 2.24. The number of nitrogens with one attached hydrogen (secondary N) is 3. The van der Waals surface area contributed by atoms with Crippen molar-refractivity contribution in [1.29, 1.82) is 0 Å². The van der Waals surface area contributed by atoms with Crippen molar-refractivity contribution in [2.45, 2.75) is 19.4 Å². The van der Waals surface area contributed by atoms with E-state index in [1.165, 1.54) is 56.9 Å². The number of methoxy groups -OCH3 is 1. The maximum atomic E-state index is 13.1. The minimum absolute atomic E-state index is 0.0256. The molecule has 0 bridgehead atoms. The third-order valence-electron chi connectivity index (χ3n) is 6.31. The van der Waals surface area contributed by atoms with E-state index < -0.39 is 23.8 Å². The minimum atomic E-state index is -0.688. The standard InChI is InChI=1S/C28H28ClN7O7/c1-16(37)43-15-25(38)36-9-3-8-30-23(14-36)21-12-32-22(13-31-21)27(40)34-20-10-17(28(41)42-2)4-6-19(20)26(39)35-24-7-5-18(29)11-33-24/h4-7,10-13,23,30H,3,8-9,14-15H2,1-2H3,(H,34,40)(H,33,35,39). The first kappa shape index (κ1) is 31.0. The van der Waals surface area contributed by atoms with Crippen LogP contribution in [0.2, 0.25) is 5.02 Å². The van der Waals surface area contributed by atoms with Gasteiger partial charge >= 0.3 is 11.9 Å². The molecule has 3 N–H and O–H groups in total. The van der Waals surface area contributed by atoms with Crippen molar-refractivity contribution in [3.8, 4) is 0 Å². The van der Waals surface area contributed by atoms with E-state index in [1.807, 2.05) is 0 Å². The second-order valence-corrected chi connectivity index (χ2v) is 9.77. The molecule has 1 unspecified atom stereocenters. The Morgan fingerprint density at radius 1 is 1.02 bits per heavy atom. The Morgan fingerprint density at radius 3 is 2.51 bits per heavy atom. The van der Waals surface area contributed by atoms with E-state index in [-0.39, 0.29) is 53.4 Å². The number of halogens is 1. The largest absolute Gasteiger partial charge is 0.465 e. The summed E-state index contributed by atoms with van der Waals surface area (Å²) in [5, 5.41) is 8.91. The molecule has 1 saturated heterocycles. The molecule has 3 amide bonds. The van der Waals surface area contributed by atoms with Crippen molar-refractivity contribution in [3.63, 3.8) is 0 Å². The Balaban J connectivity index is 1.50. The van der Waals surface area contributed by atoms with Gasteiger partial charge in [0.15, 0.2) is 6.61 Å². The first-order chi connectivity index (χ1) is 20.6. The quantitative estimate of drug-likeness (QED) is 0.318. The van der Waals surface area contributed by atoms with Crippen molar-refractivity contribution in [2.24, 2.45) is 0 Å². The molecule has 0 saturated carbocycles. The molecule has 4 rings (SSSR count).